The molecule has 1 aromatic rings. The Bertz CT molecular complexity index is 321. The van der Waals surface area contributed by atoms with Gasteiger partial charge in [0.25, 0.3) is 0 Å². The van der Waals surface area contributed by atoms with E-state index in [0.29, 0.717) is 5.41 Å². The molecule has 2 rings (SSSR count). The van der Waals surface area contributed by atoms with Crippen LogP contribution in [0.25, 0.3) is 0 Å². The number of benzene rings is 1. The predicted molar refractivity (Wildman–Crippen MR) is 56.8 cm³/mol. The highest BCUT2D eigenvalue weighted by Gasteiger charge is 2.30. The molecule has 0 radical (unpaired) electrons. The van der Waals surface area contributed by atoms with Crippen molar-refractivity contribution in [3.05, 3.63) is 47.5 Å². The van der Waals surface area contributed by atoms with E-state index in [1.54, 1.807) is 0 Å². The van der Waals surface area contributed by atoms with Crippen LogP contribution in [0, 0.1) is 0 Å². The number of allylic oxidation sites excluding steroid dienone is 2. The first-order chi connectivity index (χ1) is 6.23. The first kappa shape index (κ1) is 8.55. The molecule has 0 saturated carbocycles. The topological polar surface area (TPSA) is 0 Å². The predicted octanol–water partition coefficient (Wildman–Crippen LogP) is 3.68. The molecule has 68 valence electrons. The van der Waals surface area contributed by atoms with Gasteiger partial charge in [-0.3, -0.25) is 0 Å². The smallest absolute Gasteiger partial charge is 0.0133 e. The standard InChI is InChI=1S/C13H16/c1-11-7-6-10-13(11,2)12-8-4-3-5-9-12/h3-5,7-9H,6,10H2,1-2H3. The monoisotopic (exact) mass is 172 g/mol. The molecule has 0 nitrogen and oxygen atoms in total. The van der Waals surface area contributed by atoms with Crippen molar-refractivity contribution in [3.8, 4) is 0 Å². The van der Waals surface area contributed by atoms with Crippen LogP contribution < -0.4 is 0 Å². The molecule has 0 fully saturated rings. The maximum absolute atomic E-state index is 2.37. The number of hydrogen-bond acceptors (Lipinski definition) is 0. The third-order valence-electron chi connectivity index (χ3n) is 3.38. The fraction of sp³-hybridized carbons (Fsp3) is 0.385. The zero-order valence-electron chi connectivity index (χ0n) is 8.38. The van der Waals surface area contributed by atoms with Crippen LogP contribution in [0.5, 0.6) is 0 Å². The van der Waals surface area contributed by atoms with Crippen molar-refractivity contribution in [3.63, 3.8) is 0 Å². The molecule has 0 bridgehead atoms. The highest BCUT2D eigenvalue weighted by atomic mass is 14.3. The highest BCUT2D eigenvalue weighted by molar-refractivity contribution is 5.37. The van der Waals surface area contributed by atoms with Gasteiger partial charge >= 0.3 is 0 Å². The summed E-state index contributed by atoms with van der Waals surface area (Å²) in [4.78, 5) is 0. The molecule has 1 aromatic carbocycles. The lowest BCUT2D eigenvalue weighted by Gasteiger charge is -2.26. The minimum atomic E-state index is 0.307. The molecule has 13 heavy (non-hydrogen) atoms. The average Bonchev–Trinajstić information content (AvgIpc) is 2.50. The molecule has 1 unspecified atom stereocenters. The fourth-order valence-corrected chi connectivity index (χ4v) is 2.18. The SMILES string of the molecule is CC1=CCCC1(C)c1ccccc1. The highest BCUT2D eigenvalue weighted by Crippen LogP contribution is 2.40. The lowest BCUT2D eigenvalue weighted by Crippen LogP contribution is -2.19. The van der Waals surface area contributed by atoms with Gasteiger partial charge in [0.1, 0.15) is 0 Å². The van der Waals surface area contributed by atoms with Gasteiger partial charge in [-0.1, -0.05) is 48.9 Å². The lowest BCUT2D eigenvalue weighted by molar-refractivity contribution is 0.550. The van der Waals surface area contributed by atoms with Gasteiger partial charge in [-0.25, -0.2) is 0 Å². The van der Waals surface area contributed by atoms with Gasteiger partial charge in [0.05, 0.1) is 0 Å². The summed E-state index contributed by atoms with van der Waals surface area (Å²) < 4.78 is 0. The summed E-state index contributed by atoms with van der Waals surface area (Å²) in [5.74, 6) is 0. The van der Waals surface area contributed by atoms with E-state index in [4.69, 9.17) is 0 Å². The first-order valence-electron chi connectivity index (χ1n) is 4.96. The fourth-order valence-electron chi connectivity index (χ4n) is 2.18. The second-order valence-corrected chi connectivity index (χ2v) is 4.12. The van der Waals surface area contributed by atoms with E-state index in [1.807, 2.05) is 0 Å². The molecule has 0 saturated heterocycles. The van der Waals surface area contributed by atoms with E-state index in [0.717, 1.165) is 0 Å². The Morgan fingerprint density at radius 2 is 1.85 bits per heavy atom. The molecule has 1 aliphatic carbocycles. The van der Waals surface area contributed by atoms with E-state index in [2.05, 4.69) is 50.3 Å². The van der Waals surface area contributed by atoms with Gasteiger partial charge in [-0.2, -0.15) is 0 Å². The summed E-state index contributed by atoms with van der Waals surface area (Å²) in [5, 5.41) is 0. The second-order valence-electron chi connectivity index (χ2n) is 4.12. The Morgan fingerprint density at radius 1 is 1.15 bits per heavy atom. The zero-order valence-corrected chi connectivity index (χ0v) is 8.38. The number of hydrogen-bond donors (Lipinski definition) is 0. The summed E-state index contributed by atoms with van der Waals surface area (Å²) in [6.07, 6.45) is 4.87. The van der Waals surface area contributed by atoms with Gasteiger partial charge < -0.3 is 0 Å². The first-order valence-corrected chi connectivity index (χ1v) is 4.96. The molecule has 1 aliphatic rings. The van der Waals surface area contributed by atoms with Gasteiger partial charge in [0.2, 0.25) is 0 Å². The number of rotatable bonds is 1. The van der Waals surface area contributed by atoms with Gasteiger partial charge in [-0.15, -0.1) is 0 Å². The maximum Gasteiger partial charge on any atom is 0.0133 e. The van der Waals surface area contributed by atoms with Crippen molar-refractivity contribution in [2.24, 2.45) is 0 Å². The van der Waals surface area contributed by atoms with Crippen molar-refractivity contribution >= 4 is 0 Å². The van der Waals surface area contributed by atoms with E-state index in [1.165, 1.54) is 24.0 Å². The van der Waals surface area contributed by atoms with Crippen LogP contribution in [-0.4, -0.2) is 0 Å². The third kappa shape index (κ3) is 1.31. The van der Waals surface area contributed by atoms with Crippen LogP contribution in [0.2, 0.25) is 0 Å². The molecular weight excluding hydrogens is 156 g/mol. The normalized spacial score (nSPS) is 27.4. The van der Waals surface area contributed by atoms with E-state index >= 15 is 0 Å². The van der Waals surface area contributed by atoms with Crippen LogP contribution in [0.15, 0.2) is 42.0 Å². The van der Waals surface area contributed by atoms with Crippen LogP contribution >= 0.6 is 0 Å². The minimum Gasteiger partial charge on any atom is -0.0847 e. The summed E-state index contributed by atoms with van der Waals surface area (Å²) in [6.45, 7) is 4.60. The van der Waals surface area contributed by atoms with Crippen LogP contribution in [0.3, 0.4) is 0 Å². The van der Waals surface area contributed by atoms with E-state index in [9.17, 15) is 0 Å². The van der Waals surface area contributed by atoms with Crippen LogP contribution in [-0.2, 0) is 5.41 Å². The molecule has 0 heteroatoms. The molecule has 0 N–H and O–H groups in total. The Labute approximate surface area is 80.3 Å². The Hall–Kier alpha value is -1.04. The average molecular weight is 172 g/mol. The van der Waals surface area contributed by atoms with Crippen molar-refractivity contribution in [1.82, 2.24) is 0 Å². The van der Waals surface area contributed by atoms with Crippen molar-refractivity contribution in [2.45, 2.75) is 32.1 Å². The molecule has 0 aliphatic heterocycles. The van der Waals surface area contributed by atoms with E-state index in [-0.39, 0.29) is 0 Å². The summed E-state index contributed by atoms with van der Waals surface area (Å²) >= 11 is 0. The summed E-state index contributed by atoms with van der Waals surface area (Å²) in [5.41, 5.74) is 3.29. The Kier molecular flexibility index (Phi) is 1.99. The Morgan fingerprint density at radius 3 is 2.38 bits per heavy atom. The molecule has 0 aromatic heterocycles. The van der Waals surface area contributed by atoms with Crippen molar-refractivity contribution in [1.29, 1.82) is 0 Å². The molecular formula is C13H16. The van der Waals surface area contributed by atoms with Crippen LogP contribution in [0.1, 0.15) is 32.3 Å². The molecule has 0 heterocycles. The third-order valence-corrected chi connectivity index (χ3v) is 3.38. The van der Waals surface area contributed by atoms with Crippen LogP contribution in [0.4, 0.5) is 0 Å². The van der Waals surface area contributed by atoms with Gasteiger partial charge in [-0.05, 0) is 25.3 Å². The Balaban J connectivity index is 2.41. The summed E-state index contributed by atoms with van der Waals surface area (Å²) in [6, 6.07) is 10.8. The van der Waals surface area contributed by atoms with Crippen molar-refractivity contribution in [2.75, 3.05) is 0 Å². The van der Waals surface area contributed by atoms with Crippen molar-refractivity contribution < 1.29 is 0 Å². The largest absolute Gasteiger partial charge is 0.0847 e. The second kappa shape index (κ2) is 3.02. The maximum atomic E-state index is 2.37. The zero-order chi connectivity index (χ0) is 9.31. The molecule has 0 spiro atoms. The van der Waals surface area contributed by atoms with E-state index < -0.39 is 0 Å². The lowest BCUT2D eigenvalue weighted by atomic mass is 9.77. The quantitative estimate of drug-likeness (QED) is 0.567. The van der Waals surface area contributed by atoms with Gasteiger partial charge in [0, 0.05) is 5.41 Å². The molecule has 0 amide bonds. The molecule has 1 atom stereocenters. The summed E-state index contributed by atoms with van der Waals surface area (Å²) in [7, 11) is 0. The minimum absolute atomic E-state index is 0.307. The van der Waals surface area contributed by atoms with Gasteiger partial charge in [0.15, 0.2) is 0 Å².